The third-order valence-electron chi connectivity index (χ3n) is 6.37. The van der Waals surface area contributed by atoms with E-state index in [-0.39, 0.29) is 54.7 Å². The lowest BCUT2D eigenvalue weighted by molar-refractivity contribution is -0.122. The molecule has 0 aliphatic carbocycles. The van der Waals surface area contributed by atoms with Crippen LogP contribution in [-0.4, -0.2) is 79.6 Å². The number of hydrogen-bond donors (Lipinski definition) is 3. The molecule has 1 aromatic heterocycles. The highest BCUT2D eigenvalue weighted by Gasteiger charge is 2.31. The SMILES string of the molecule is COc1ccc2cc1O[C@@H]1CN[C@@H](C1)C(=O)NCCCCN(C(=O)c1cccnc1)CCCNC2=O.Cl.Cl. The van der Waals surface area contributed by atoms with E-state index in [9.17, 15) is 14.4 Å². The van der Waals surface area contributed by atoms with Crippen LogP contribution in [0.3, 0.4) is 0 Å². The molecule has 1 saturated heterocycles. The minimum atomic E-state index is -0.349. The number of ether oxygens (including phenoxy) is 2. The van der Waals surface area contributed by atoms with Crippen LogP contribution >= 0.6 is 24.8 Å². The Balaban J connectivity index is 0.00000253. The summed E-state index contributed by atoms with van der Waals surface area (Å²) in [5.41, 5.74) is 0.980. The number of nitrogens with zero attached hydrogens (tertiary/aromatic N) is 2. The molecule has 0 unspecified atom stereocenters. The molecule has 208 valence electrons. The summed E-state index contributed by atoms with van der Waals surface area (Å²) in [5.74, 6) is 0.594. The first-order chi connectivity index (χ1) is 17.5. The zero-order chi connectivity index (χ0) is 25.3. The lowest BCUT2D eigenvalue weighted by Crippen LogP contribution is -2.41. The molecule has 3 amide bonds. The summed E-state index contributed by atoms with van der Waals surface area (Å²) in [6.45, 7) is 2.51. The molecule has 3 heterocycles. The minimum Gasteiger partial charge on any atom is -0.493 e. The van der Waals surface area contributed by atoms with E-state index in [1.165, 1.54) is 0 Å². The van der Waals surface area contributed by atoms with Gasteiger partial charge in [0.1, 0.15) is 6.10 Å². The van der Waals surface area contributed by atoms with E-state index in [4.69, 9.17) is 9.47 Å². The zero-order valence-corrected chi connectivity index (χ0v) is 22.9. The molecule has 2 aromatic rings. The van der Waals surface area contributed by atoms with E-state index >= 15 is 0 Å². The maximum Gasteiger partial charge on any atom is 0.255 e. The van der Waals surface area contributed by atoms with Crippen LogP contribution in [0.15, 0.2) is 42.7 Å². The topological polar surface area (TPSA) is 122 Å². The van der Waals surface area contributed by atoms with Crippen molar-refractivity contribution in [2.24, 2.45) is 0 Å². The number of hydrogen-bond acceptors (Lipinski definition) is 7. The van der Waals surface area contributed by atoms with Crippen LogP contribution in [0.25, 0.3) is 0 Å². The predicted molar refractivity (Wildman–Crippen MR) is 148 cm³/mol. The standard InChI is InChI=1S/C26H33N5O5.2ClH/c1-35-22-8-7-18-14-23(22)36-20-15-21(30-17-20)25(33)29-10-2-3-12-31(13-5-11-28-24(18)32)26(34)19-6-4-9-27-16-19;;/h4,6-9,14,16,20-21,30H,2-3,5,10-13,15,17H2,1H3,(H,28,32)(H,29,33);2*1H/t20-,21-;;/m0../s1. The van der Waals surface area contributed by atoms with Crippen molar-refractivity contribution < 1.29 is 23.9 Å². The maximum atomic E-state index is 13.0. The van der Waals surface area contributed by atoms with Crippen LogP contribution in [0.1, 0.15) is 46.4 Å². The fourth-order valence-electron chi connectivity index (χ4n) is 4.41. The fourth-order valence-corrected chi connectivity index (χ4v) is 4.41. The third kappa shape index (κ3) is 8.21. The average Bonchev–Trinajstić information content (AvgIpc) is 3.37. The predicted octanol–water partition coefficient (Wildman–Crippen LogP) is 2.22. The molecule has 0 radical (unpaired) electrons. The van der Waals surface area contributed by atoms with E-state index in [0.29, 0.717) is 68.2 Å². The second-order valence-electron chi connectivity index (χ2n) is 8.94. The first kappa shape index (κ1) is 31.1. The molecular weight excluding hydrogens is 533 g/mol. The summed E-state index contributed by atoms with van der Waals surface area (Å²) in [7, 11) is 1.55. The summed E-state index contributed by atoms with van der Waals surface area (Å²) in [4.78, 5) is 44.3. The van der Waals surface area contributed by atoms with Crippen LogP contribution in [0.2, 0.25) is 0 Å². The zero-order valence-electron chi connectivity index (χ0n) is 21.3. The van der Waals surface area contributed by atoms with Gasteiger partial charge in [-0.3, -0.25) is 19.4 Å². The van der Waals surface area contributed by atoms with Crippen LogP contribution < -0.4 is 25.4 Å². The van der Waals surface area contributed by atoms with Crippen molar-refractivity contribution in [3.05, 3.63) is 53.9 Å². The Hall–Kier alpha value is -3.08. The first-order valence-corrected chi connectivity index (χ1v) is 12.4. The highest BCUT2D eigenvalue weighted by Crippen LogP contribution is 2.30. The Labute approximate surface area is 235 Å². The Bertz CT molecular complexity index is 1080. The number of carbonyl (C=O) groups is 3. The number of carbonyl (C=O) groups excluding carboxylic acids is 3. The van der Waals surface area contributed by atoms with Gasteiger partial charge in [-0.1, -0.05) is 0 Å². The summed E-state index contributed by atoms with van der Waals surface area (Å²) < 4.78 is 11.5. The lowest BCUT2D eigenvalue weighted by atomic mass is 10.1. The molecule has 12 heteroatoms. The molecule has 2 atom stereocenters. The van der Waals surface area contributed by atoms with Gasteiger partial charge < -0.3 is 30.3 Å². The van der Waals surface area contributed by atoms with Gasteiger partial charge in [0, 0.05) is 57.1 Å². The van der Waals surface area contributed by atoms with Crippen molar-refractivity contribution in [2.45, 2.75) is 37.8 Å². The normalized spacial score (nSPS) is 20.6. The van der Waals surface area contributed by atoms with Crippen molar-refractivity contribution in [1.29, 1.82) is 0 Å². The number of fused-ring (bicyclic) bond motifs is 4. The average molecular weight is 569 g/mol. The van der Waals surface area contributed by atoms with E-state index in [1.807, 2.05) is 0 Å². The third-order valence-corrected chi connectivity index (χ3v) is 6.37. The van der Waals surface area contributed by atoms with E-state index < -0.39 is 0 Å². The van der Waals surface area contributed by atoms with Gasteiger partial charge in [0.25, 0.3) is 11.8 Å². The number of halogens is 2. The molecule has 0 saturated carbocycles. The number of nitrogens with one attached hydrogen (secondary N) is 3. The van der Waals surface area contributed by atoms with Gasteiger partial charge in [0.05, 0.1) is 18.7 Å². The summed E-state index contributed by atoms with van der Waals surface area (Å²) in [5, 5.41) is 9.12. The summed E-state index contributed by atoms with van der Waals surface area (Å²) in [6, 6.07) is 8.18. The summed E-state index contributed by atoms with van der Waals surface area (Å²) in [6.07, 6.45) is 5.57. The fraction of sp³-hybridized carbons (Fsp3) is 0.462. The molecule has 38 heavy (non-hydrogen) atoms. The van der Waals surface area contributed by atoms with Crippen molar-refractivity contribution in [3.63, 3.8) is 0 Å². The van der Waals surface area contributed by atoms with Gasteiger partial charge in [-0.05, 0) is 49.6 Å². The molecular formula is C26H35Cl2N5O5. The van der Waals surface area contributed by atoms with E-state index in [1.54, 1.807) is 54.7 Å². The molecule has 2 aliphatic heterocycles. The number of amides is 3. The molecule has 3 N–H and O–H groups in total. The van der Waals surface area contributed by atoms with Gasteiger partial charge in [0.2, 0.25) is 5.91 Å². The van der Waals surface area contributed by atoms with E-state index in [2.05, 4.69) is 20.9 Å². The molecule has 1 aromatic carbocycles. The van der Waals surface area contributed by atoms with Gasteiger partial charge in [-0.2, -0.15) is 0 Å². The maximum absolute atomic E-state index is 13.0. The second-order valence-corrected chi connectivity index (χ2v) is 8.94. The largest absolute Gasteiger partial charge is 0.493 e. The molecule has 1 fully saturated rings. The second kappa shape index (κ2) is 15.4. The van der Waals surface area contributed by atoms with E-state index in [0.717, 1.165) is 12.8 Å². The Kier molecular flexibility index (Phi) is 12.6. The van der Waals surface area contributed by atoms with Gasteiger partial charge in [0.15, 0.2) is 11.5 Å². The van der Waals surface area contributed by atoms with Crippen LogP contribution in [0.4, 0.5) is 0 Å². The Morgan fingerprint density at radius 1 is 1.08 bits per heavy atom. The number of methoxy groups -OCH3 is 1. The highest BCUT2D eigenvalue weighted by molar-refractivity contribution is 5.95. The molecule has 0 spiro atoms. The van der Waals surface area contributed by atoms with Crippen molar-refractivity contribution in [2.75, 3.05) is 39.8 Å². The Morgan fingerprint density at radius 2 is 1.87 bits per heavy atom. The van der Waals surface area contributed by atoms with Crippen molar-refractivity contribution in [3.8, 4) is 11.5 Å². The molecule has 4 rings (SSSR count). The smallest absolute Gasteiger partial charge is 0.255 e. The minimum absolute atomic E-state index is 0. The van der Waals surface area contributed by atoms with Crippen LogP contribution in [0, 0.1) is 0 Å². The Morgan fingerprint density at radius 3 is 2.63 bits per heavy atom. The van der Waals surface area contributed by atoms with Crippen molar-refractivity contribution in [1.82, 2.24) is 25.8 Å². The summed E-state index contributed by atoms with van der Waals surface area (Å²) >= 11 is 0. The molecule has 10 nitrogen and oxygen atoms in total. The monoisotopic (exact) mass is 567 g/mol. The quantitative estimate of drug-likeness (QED) is 0.508. The van der Waals surface area contributed by atoms with Gasteiger partial charge in [-0.15, -0.1) is 24.8 Å². The highest BCUT2D eigenvalue weighted by atomic mass is 35.5. The first-order valence-electron chi connectivity index (χ1n) is 12.4. The number of rotatable bonds is 2. The molecule has 2 aliphatic rings. The van der Waals surface area contributed by atoms with Crippen molar-refractivity contribution >= 4 is 42.5 Å². The van der Waals surface area contributed by atoms with Gasteiger partial charge >= 0.3 is 0 Å². The lowest BCUT2D eigenvalue weighted by Gasteiger charge is -2.23. The number of pyridine rings is 1. The van der Waals surface area contributed by atoms with Crippen LogP contribution in [0.5, 0.6) is 11.5 Å². The van der Waals surface area contributed by atoms with Crippen LogP contribution in [-0.2, 0) is 4.79 Å². The van der Waals surface area contributed by atoms with Gasteiger partial charge in [-0.25, -0.2) is 0 Å². The number of aromatic nitrogens is 1. The number of benzene rings is 1. The molecule has 4 bridgehead atoms.